The SMILES string of the molecule is Cc1ccc(-c2nc(COC(=O)Cn3c(C(F)(F)F)nc4ccccc43)cs2)cc1. The summed E-state index contributed by atoms with van der Waals surface area (Å²) in [5.74, 6) is -1.93. The number of halogens is 3. The molecule has 5 nitrogen and oxygen atoms in total. The van der Waals surface area contributed by atoms with Crippen molar-refractivity contribution in [1.29, 1.82) is 0 Å². The van der Waals surface area contributed by atoms with Crippen molar-refractivity contribution in [2.24, 2.45) is 0 Å². The number of benzene rings is 2. The molecule has 0 aliphatic heterocycles. The molecule has 2 heterocycles. The predicted molar refractivity (Wildman–Crippen MR) is 107 cm³/mol. The summed E-state index contributed by atoms with van der Waals surface area (Å²) < 4.78 is 46.0. The van der Waals surface area contributed by atoms with Gasteiger partial charge in [-0.25, -0.2) is 9.97 Å². The first-order valence-corrected chi connectivity index (χ1v) is 9.89. The Morgan fingerprint density at radius 2 is 1.83 bits per heavy atom. The highest BCUT2D eigenvalue weighted by Gasteiger charge is 2.38. The molecule has 2 aromatic heterocycles. The Labute approximate surface area is 173 Å². The molecular formula is C21H16F3N3O2S. The number of para-hydroxylation sites is 2. The zero-order chi connectivity index (χ0) is 21.3. The Morgan fingerprint density at radius 1 is 1.10 bits per heavy atom. The summed E-state index contributed by atoms with van der Waals surface area (Å²) in [6, 6.07) is 14.0. The number of ether oxygens (including phenoxy) is 1. The number of carbonyl (C=O) groups excluding carboxylic acids is 1. The highest BCUT2D eigenvalue weighted by atomic mass is 32.1. The Kier molecular flexibility index (Phi) is 5.29. The molecule has 0 bridgehead atoms. The molecule has 9 heteroatoms. The summed E-state index contributed by atoms with van der Waals surface area (Å²) in [6.45, 7) is 1.28. The fourth-order valence-corrected chi connectivity index (χ4v) is 3.79. The Morgan fingerprint density at radius 3 is 2.57 bits per heavy atom. The van der Waals surface area contributed by atoms with Gasteiger partial charge in [-0.05, 0) is 19.1 Å². The number of imidazole rings is 1. The zero-order valence-corrected chi connectivity index (χ0v) is 16.6. The fourth-order valence-electron chi connectivity index (χ4n) is 2.98. The van der Waals surface area contributed by atoms with E-state index in [0.29, 0.717) is 5.69 Å². The third-order valence-corrected chi connectivity index (χ3v) is 5.37. The van der Waals surface area contributed by atoms with Crippen molar-refractivity contribution >= 4 is 28.3 Å². The van der Waals surface area contributed by atoms with Gasteiger partial charge in [-0.1, -0.05) is 42.0 Å². The van der Waals surface area contributed by atoms with E-state index >= 15 is 0 Å². The number of esters is 1. The molecule has 0 radical (unpaired) electrons. The van der Waals surface area contributed by atoms with Crippen LogP contribution in [-0.2, 0) is 28.9 Å². The standard InChI is InChI=1S/C21H16F3N3O2S/c1-13-6-8-14(9-7-13)19-25-15(12-30-19)11-29-18(28)10-27-17-5-3-2-4-16(17)26-20(27)21(22,23)24/h2-9,12H,10-11H2,1H3. The van der Waals surface area contributed by atoms with E-state index < -0.39 is 24.5 Å². The molecule has 4 rings (SSSR count). The van der Waals surface area contributed by atoms with Crippen molar-refractivity contribution in [2.45, 2.75) is 26.3 Å². The number of alkyl halides is 3. The van der Waals surface area contributed by atoms with Crippen LogP contribution in [0.1, 0.15) is 17.1 Å². The topological polar surface area (TPSA) is 57.0 Å². The molecule has 0 N–H and O–H groups in total. The number of carbonyl (C=O) groups is 1. The van der Waals surface area contributed by atoms with Crippen LogP contribution in [0, 0.1) is 6.92 Å². The van der Waals surface area contributed by atoms with E-state index in [1.807, 2.05) is 31.2 Å². The van der Waals surface area contributed by atoms with Gasteiger partial charge in [0.25, 0.3) is 0 Å². The van der Waals surface area contributed by atoms with Crippen LogP contribution in [0.4, 0.5) is 13.2 Å². The predicted octanol–water partition coefficient (Wildman–Crippen LogP) is 5.23. The maximum Gasteiger partial charge on any atom is 0.449 e. The molecule has 0 spiro atoms. The van der Waals surface area contributed by atoms with E-state index in [-0.39, 0.29) is 17.6 Å². The van der Waals surface area contributed by atoms with Gasteiger partial charge < -0.3 is 9.30 Å². The van der Waals surface area contributed by atoms with Crippen molar-refractivity contribution in [3.05, 3.63) is 71.0 Å². The van der Waals surface area contributed by atoms with E-state index in [2.05, 4.69) is 9.97 Å². The van der Waals surface area contributed by atoms with Gasteiger partial charge in [-0.3, -0.25) is 4.79 Å². The van der Waals surface area contributed by atoms with Gasteiger partial charge in [0.1, 0.15) is 18.2 Å². The van der Waals surface area contributed by atoms with E-state index in [1.165, 1.54) is 23.5 Å². The second kappa shape index (κ2) is 7.91. The molecule has 0 fully saturated rings. The van der Waals surface area contributed by atoms with Crippen molar-refractivity contribution in [2.75, 3.05) is 0 Å². The number of aryl methyl sites for hydroxylation is 1. The minimum Gasteiger partial charge on any atom is -0.458 e. The van der Waals surface area contributed by atoms with Crippen molar-refractivity contribution in [3.63, 3.8) is 0 Å². The average molecular weight is 431 g/mol. The lowest BCUT2D eigenvalue weighted by atomic mass is 10.2. The van der Waals surface area contributed by atoms with E-state index in [4.69, 9.17) is 4.74 Å². The van der Waals surface area contributed by atoms with Gasteiger partial charge >= 0.3 is 12.1 Å². The molecule has 0 atom stereocenters. The van der Waals surface area contributed by atoms with Gasteiger partial charge in [-0.2, -0.15) is 13.2 Å². The van der Waals surface area contributed by atoms with Gasteiger partial charge in [0.05, 0.1) is 16.7 Å². The van der Waals surface area contributed by atoms with Gasteiger partial charge in [0.2, 0.25) is 5.82 Å². The van der Waals surface area contributed by atoms with E-state index in [1.54, 1.807) is 17.5 Å². The van der Waals surface area contributed by atoms with E-state index in [9.17, 15) is 18.0 Å². The molecule has 0 amide bonds. The molecule has 0 unspecified atom stereocenters. The summed E-state index contributed by atoms with van der Waals surface area (Å²) in [5.41, 5.74) is 3.00. The number of nitrogens with zero attached hydrogens (tertiary/aromatic N) is 3. The lowest BCUT2D eigenvalue weighted by molar-refractivity contribution is -0.151. The van der Waals surface area contributed by atoms with Crippen LogP contribution in [-0.4, -0.2) is 20.5 Å². The third kappa shape index (κ3) is 4.20. The van der Waals surface area contributed by atoms with Crippen LogP contribution in [0.25, 0.3) is 21.6 Å². The van der Waals surface area contributed by atoms with Crippen LogP contribution in [0.2, 0.25) is 0 Å². The second-order valence-electron chi connectivity index (χ2n) is 6.68. The summed E-state index contributed by atoms with van der Waals surface area (Å²) >= 11 is 1.41. The zero-order valence-electron chi connectivity index (χ0n) is 15.8. The molecule has 4 aromatic rings. The maximum absolute atomic E-state index is 13.3. The van der Waals surface area contributed by atoms with E-state index in [0.717, 1.165) is 20.7 Å². The number of hydrogen-bond donors (Lipinski definition) is 0. The van der Waals surface area contributed by atoms with Crippen LogP contribution in [0.15, 0.2) is 53.9 Å². The lowest BCUT2D eigenvalue weighted by Crippen LogP contribution is -2.20. The first-order valence-electron chi connectivity index (χ1n) is 9.01. The number of rotatable bonds is 5. The Balaban J connectivity index is 1.47. The number of thiazole rings is 1. The van der Waals surface area contributed by atoms with Crippen LogP contribution < -0.4 is 0 Å². The number of fused-ring (bicyclic) bond motifs is 1. The van der Waals surface area contributed by atoms with Gasteiger partial charge in [0, 0.05) is 10.9 Å². The summed E-state index contributed by atoms with van der Waals surface area (Å²) in [6.07, 6.45) is -4.68. The molecule has 154 valence electrons. The monoisotopic (exact) mass is 431 g/mol. The lowest BCUT2D eigenvalue weighted by Gasteiger charge is -2.11. The molecule has 2 aromatic carbocycles. The normalized spacial score (nSPS) is 11.7. The maximum atomic E-state index is 13.3. The Hall–Kier alpha value is -3.20. The van der Waals surface area contributed by atoms with Gasteiger partial charge in [0.15, 0.2) is 0 Å². The summed E-state index contributed by atoms with van der Waals surface area (Å²) in [7, 11) is 0. The minimum atomic E-state index is -4.68. The van der Waals surface area contributed by atoms with Crippen LogP contribution in [0.5, 0.6) is 0 Å². The fraction of sp³-hybridized carbons (Fsp3) is 0.190. The first kappa shape index (κ1) is 20.1. The van der Waals surface area contributed by atoms with Crippen LogP contribution >= 0.6 is 11.3 Å². The number of aromatic nitrogens is 3. The number of hydrogen-bond acceptors (Lipinski definition) is 5. The Bertz CT molecular complexity index is 1200. The summed E-state index contributed by atoms with van der Waals surface area (Å²) in [5, 5.41) is 2.54. The first-order chi connectivity index (χ1) is 14.3. The third-order valence-electron chi connectivity index (χ3n) is 4.43. The van der Waals surface area contributed by atoms with Crippen LogP contribution in [0.3, 0.4) is 0 Å². The largest absolute Gasteiger partial charge is 0.458 e. The van der Waals surface area contributed by atoms with Gasteiger partial charge in [-0.15, -0.1) is 11.3 Å². The summed E-state index contributed by atoms with van der Waals surface area (Å²) in [4.78, 5) is 20.3. The second-order valence-corrected chi connectivity index (χ2v) is 7.54. The quantitative estimate of drug-likeness (QED) is 0.406. The van der Waals surface area contributed by atoms with Crippen molar-refractivity contribution in [1.82, 2.24) is 14.5 Å². The van der Waals surface area contributed by atoms with Crippen molar-refractivity contribution < 1.29 is 22.7 Å². The molecule has 0 saturated carbocycles. The highest BCUT2D eigenvalue weighted by Crippen LogP contribution is 2.31. The highest BCUT2D eigenvalue weighted by molar-refractivity contribution is 7.13. The average Bonchev–Trinajstić information content (AvgIpc) is 3.32. The molecule has 30 heavy (non-hydrogen) atoms. The molecular weight excluding hydrogens is 415 g/mol. The molecule has 0 aliphatic rings. The molecule has 0 saturated heterocycles. The minimum absolute atomic E-state index is 0.116. The molecule has 0 aliphatic carbocycles. The van der Waals surface area contributed by atoms with Crippen molar-refractivity contribution in [3.8, 4) is 10.6 Å². The smallest absolute Gasteiger partial charge is 0.449 e.